The van der Waals surface area contributed by atoms with Crippen LogP contribution in [0.4, 0.5) is 0 Å². The summed E-state index contributed by atoms with van der Waals surface area (Å²) in [5, 5.41) is 4.51. The molecule has 6 heteroatoms. The van der Waals surface area contributed by atoms with Gasteiger partial charge in [0.2, 0.25) is 0 Å². The summed E-state index contributed by atoms with van der Waals surface area (Å²) in [6.45, 7) is 6.00. The molecule has 0 aliphatic carbocycles. The summed E-state index contributed by atoms with van der Waals surface area (Å²) in [4.78, 5) is 14.8. The van der Waals surface area contributed by atoms with Crippen LogP contribution in [0, 0.1) is 0 Å². The summed E-state index contributed by atoms with van der Waals surface area (Å²) in [5.74, 6) is -0.275. The van der Waals surface area contributed by atoms with Crippen molar-refractivity contribution in [3.63, 3.8) is 0 Å². The van der Waals surface area contributed by atoms with E-state index in [1.54, 1.807) is 6.08 Å². The highest BCUT2D eigenvalue weighted by molar-refractivity contribution is 5.90. The lowest BCUT2D eigenvalue weighted by Gasteiger charge is -2.19. The van der Waals surface area contributed by atoms with Gasteiger partial charge in [-0.25, -0.2) is 0 Å². The lowest BCUT2D eigenvalue weighted by Crippen LogP contribution is -2.26. The summed E-state index contributed by atoms with van der Waals surface area (Å²) in [5.41, 5.74) is 9.73. The van der Waals surface area contributed by atoms with Crippen molar-refractivity contribution in [3.8, 4) is 0 Å². The molecule has 1 heterocycles. The highest BCUT2D eigenvalue weighted by Crippen LogP contribution is 2.23. The molecular formula is C17H20N4O2. The number of rotatable bonds is 5. The van der Waals surface area contributed by atoms with Crippen LogP contribution in [0.3, 0.4) is 0 Å². The molecular weight excluding hydrogens is 292 g/mol. The lowest BCUT2D eigenvalue weighted by molar-refractivity contribution is -0.155. The third-order valence-electron chi connectivity index (χ3n) is 3.09. The van der Waals surface area contributed by atoms with Crippen molar-refractivity contribution in [2.75, 3.05) is 6.54 Å². The zero-order chi connectivity index (χ0) is 16.9. The van der Waals surface area contributed by atoms with Gasteiger partial charge in [-0.15, -0.1) is 0 Å². The van der Waals surface area contributed by atoms with Gasteiger partial charge in [0.05, 0.1) is 0 Å². The van der Waals surface area contributed by atoms with E-state index in [4.69, 9.17) is 10.3 Å². The summed E-state index contributed by atoms with van der Waals surface area (Å²) in [7, 11) is 0. The third kappa shape index (κ3) is 4.63. The fourth-order valence-corrected chi connectivity index (χ4v) is 2.31. The van der Waals surface area contributed by atoms with E-state index in [0.717, 1.165) is 16.5 Å². The number of fused-ring (bicyclic) bond motifs is 1. The van der Waals surface area contributed by atoms with E-state index in [1.165, 1.54) is 0 Å². The molecule has 0 saturated carbocycles. The standard InChI is InChI=1S/C17H20N4O2/c1-17(2,3)23-16(22)12-21-11-13(7-6-10-19-20-18)14-8-4-5-9-15(14)21/h4-9,11H,10,12H2,1-3H3. The molecule has 0 amide bonds. The predicted molar refractivity (Wildman–Crippen MR) is 90.8 cm³/mol. The molecule has 0 bridgehead atoms. The first-order valence-corrected chi connectivity index (χ1v) is 7.38. The molecule has 1 aromatic heterocycles. The van der Waals surface area contributed by atoms with Gasteiger partial charge in [0.15, 0.2) is 0 Å². The quantitative estimate of drug-likeness (QED) is 0.357. The molecule has 2 aromatic rings. The molecule has 0 fully saturated rings. The van der Waals surface area contributed by atoms with Crippen molar-refractivity contribution in [2.24, 2.45) is 5.11 Å². The molecule has 0 N–H and O–H groups in total. The van der Waals surface area contributed by atoms with Crippen molar-refractivity contribution in [1.82, 2.24) is 4.57 Å². The van der Waals surface area contributed by atoms with Crippen LogP contribution in [0.1, 0.15) is 26.3 Å². The van der Waals surface area contributed by atoms with Gasteiger partial charge >= 0.3 is 5.97 Å². The van der Waals surface area contributed by atoms with E-state index < -0.39 is 5.60 Å². The summed E-state index contributed by atoms with van der Waals surface area (Å²) in [6, 6.07) is 7.84. The zero-order valence-corrected chi connectivity index (χ0v) is 13.6. The Morgan fingerprint density at radius 1 is 1.39 bits per heavy atom. The van der Waals surface area contributed by atoms with Gasteiger partial charge in [0.1, 0.15) is 12.1 Å². The van der Waals surface area contributed by atoms with Crippen molar-refractivity contribution >= 4 is 22.9 Å². The maximum atomic E-state index is 12.1. The number of carbonyl (C=O) groups excluding carboxylic acids is 1. The van der Waals surface area contributed by atoms with Crippen molar-refractivity contribution in [2.45, 2.75) is 32.9 Å². The zero-order valence-electron chi connectivity index (χ0n) is 13.6. The van der Waals surface area contributed by atoms with Crippen molar-refractivity contribution in [1.29, 1.82) is 0 Å². The van der Waals surface area contributed by atoms with Crippen LogP contribution in [-0.2, 0) is 16.1 Å². The average Bonchev–Trinajstić information content (AvgIpc) is 2.80. The van der Waals surface area contributed by atoms with E-state index in [1.807, 2.05) is 61.9 Å². The van der Waals surface area contributed by atoms with Crippen LogP contribution < -0.4 is 0 Å². The molecule has 0 atom stereocenters. The van der Waals surface area contributed by atoms with Gasteiger partial charge in [-0.1, -0.05) is 35.5 Å². The second kappa shape index (κ2) is 7.03. The van der Waals surface area contributed by atoms with E-state index in [9.17, 15) is 4.79 Å². The fourth-order valence-electron chi connectivity index (χ4n) is 2.31. The largest absolute Gasteiger partial charge is 0.459 e. The maximum Gasteiger partial charge on any atom is 0.326 e. The maximum absolute atomic E-state index is 12.1. The number of carbonyl (C=O) groups is 1. The number of ether oxygens (including phenoxy) is 1. The molecule has 0 spiro atoms. The van der Waals surface area contributed by atoms with E-state index in [0.29, 0.717) is 6.54 Å². The van der Waals surface area contributed by atoms with Gasteiger partial charge in [0, 0.05) is 28.6 Å². The SMILES string of the molecule is CC(C)(C)OC(=O)Cn1cc(C=CCN=[N+]=[N-])c2ccccc21. The van der Waals surface area contributed by atoms with Gasteiger partial charge in [-0.05, 0) is 37.9 Å². The number of para-hydroxylation sites is 1. The molecule has 120 valence electrons. The second-order valence-corrected chi connectivity index (χ2v) is 6.13. The molecule has 23 heavy (non-hydrogen) atoms. The first-order valence-electron chi connectivity index (χ1n) is 7.38. The molecule has 2 rings (SSSR count). The summed E-state index contributed by atoms with van der Waals surface area (Å²) < 4.78 is 7.25. The van der Waals surface area contributed by atoms with Gasteiger partial charge in [-0.3, -0.25) is 4.79 Å². The smallest absolute Gasteiger partial charge is 0.326 e. The molecule has 0 unspecified atom stereocenters. The minimum Gasteiger partial charge on any atom is -0.459 e. The van der Waals surface area contributed by atoms with Gasteiger partial charge in [0.25, 0.3) is 0 Å². The van der Waals surface area contributed by atoms with E-state index >= 15 is 0 Å². The minimum absolute atomic E-state index is 0.155. The Morgan fingerprint density at radius 3 is 2.83 bits per heavy atom. The van der Waals surface area contributed by atoms with Crippen LogP contribution >= 0.6 is 0 Å². The number of nitrogens with zero attached hydrogens (tertiary/aromatic N) is 4. The lowest BCUT2D eigenvalue weighted by atomic mass is 10.1. The Balaban J connectivity index is 2.28. The fraction of sp³-hybridized carbons (Fsp3) is 0.353. The topological polar surface area (TPSA) is 80.0 Å². The number of hydrogen-bond acceptors (Lipinski definition) is 3. The summed E-state index contributed by atoms with van der Waals surface area (Å²) in [6.07, 6.45) is 5.59. The highest BCUT2D eigenvalue weighted by atomic mass is 16.6. The Bertz CT molecular complexity index is 777. The first kappa shape index (κ1) is 16.6. The molecule has 1 aromatic carbocycles. The van der Waals surface area contributed by atoms with Crippen LogP contribution in [-0.4, -0.2) is 22.7 Å². The van der Waals surface area contributed by atoms with Crippen LogP contribution in [0.25, 0.3) is 27.4 Å². The Morgan fingerprint density at radius 2 is 2.13 bits per heavy atom. The molecule has 0 radical (unpaired) electrons. The van der Waals surface area contributed by atoms with Gasteiger partial charge < -0.3 is 9.30 Å². The van der Waals surface area contributed by atoms with E-state index in [-0.39, 0.29) is 12.5 Å². The van der Waals surface area contributed by atoms with Crippen LogP contribution in [0.2, 0.25) is 0 Å². The van der Waals surface area contributed by atoms with Crippen LogP contribution in [0.5, 0.6) is 0 Å². The number of benzene rings is 1. The highest BCUT2D eigenvalue weighted by Gasteiger charge is 2.17. The Hall–Kier alpha value is -2.72. The van der Waals surface area contributed by atoms with Gasteiger partial charge in [-0.2, -0.15) is 0 Å². The molecule has 0 aliphatic heterocycles. The minimum atomic E-state index is -0.502. The van der Waals surface area contributed by atoms with Crippen molar-refractivity contribution in [3.05, 3.63) is 52.5 Å². The Labute approximate surface area is 135 Å². The van der Waals surface area contributed by atoms with E-state index in [2.05, 4.69) is 10.0 Å². The van der Waals surface area contributed by atoms with Crippen LogP contribution in [0.15, 0.2) is 41.7 Å². The number of azide groups is 1. The first-order chi connectivity index (χ1) is 10.9. The monoisotopic (exact) mass is 312 g/mol. The van der Waals surface area contributed by atoms with Crippen molar-refractivity contribution < 1.29 is 9.53 Å². The number of esters is 1. The number of aromatic nitrogens is 1. The molecule has 6 nitrogen and oxygen atoms in total. The predicted octanol–water partition coefficient (Wildman–Crippen LogP) is 4.31. The molecule has 0 saturated heterocycles. The Kier molecular flexibility index (Phi) is 5.09. The second-order valence-electron chi connectivity index (χ2n) is 6.13. The molecule has 0 aliphatic rings. The average molecular weight is 312 g/mol. The number of hydrogen-bond donors (Lipinski definition) is 0. The summed E-state index contributed by atoms with van der Waals surface area (Å²) >= 11 is 0. The third-order valence-corrected chi connectivity index (χ3v) is 3.09. The normalized spacial score (nSPS) is 11.6.